The summed E-state index contributed by atoms with van der Waals surface area (Å²) in [4.78, 5) is 58.8. The van der Waals surface area contributed by atoms with E-state index in [2.05, 4.69) is 10.7 Å². The van der Waals surface area contributed by atoms with Gasteiger partial charge in [0.05, 0.1) is 17.4 Å². The highest BCUT2D eigenvalue weighted by Gasteiger charge is 2.36. The van der Waals surface area contributed by atoms with Crippen LogP contribution in [0.4, 0.5) is 11.4 Å². The molecule has 1 atom stereocenters. The molecule has 0 aliphatic carbocycles. The number of carbonyl (C=O) groups is 4. The first-order valence-electron chi connectivity index (χ1n) is 9.62. The van der Waals surface area contributed by atoms with E-state index in [0.29, 0.717) is 5.69 Å². The average molecular weight is 440 g/mol. The SMILES string of the molecule is Cc1ccccc1NC(=O)COC(=O)[C@H]1CC(=O)N(NC(=O)c2ccc([N+](=O)[O-])cc2)C1. The number of hydrogen-bond acceptors (Lipinski definition) is 7. The number of anilines is 1. The smallest absolute Gasteiger partial charge is 0.311 e. The highest BCUT2D eigenvalue weighted by atomic mass is 16.6. The molecule has 0 bridgehead atoms. The van der Waals surface area contributed by atoms with Crippen molar-refractivity contribution in [2.24, 2.45) is 5.92 Å². The minimum Gasteiger partial charge on any atom is -0.455 e. The second-order valence-corrected chi connectivity index (χ2v) is 7.12. The maximum absolute atomic E-state index is 12.3. The third-order valence-electron chi connectivity index (χ3n) is 4.80. The van der Waals surface area contributed by atoms with Crippen molar-refractivity contribution in [3.8, 4) is 0 Å². The lowest BCUT2D eigenvalue weighted by molar-refractivity contribution is -0.384. The minimum absolute atomic E-state index is 0.113. The molecular weight excluding hydrogens is 420 g/mol. The van der Waals surface area contributed by atoms with Gasteiger partial charge in [0.2, 0.25) is 5.91 Å². The van der Waals surface area contributed by atoms with Crippen LogP contribution in [0.3, 0.4) is 0 Å². The maximum Gasteiger partial charge on any atom is 0.311 e. The number of carbonyl (C=O) groups excluding carboxylic acids is 4. The standard InChI is InChI=1S/C21H20N4O7/c1-13-4-2-3-5-17(13)22-18(26)12-32-21(29)15-10-19(27)24(11-15)23-20(28)14-6-8-16(9-7-14)25(30)31/h2-9,15H,10-12H2,1H3,(H,22,26)(H,23,28)/t15-/m0/s1. The van der Waals surface area contributed by atoms with Crippen molar-refractivity contribution >= 4 is 35.1 Å². The number of nitro groups is 1. The van der Waals surface area contributed by atoms with E-state index in [1.165, 1.54) is 24.3 Å². The molecule has 0 aromatic heterocycles. The maximum atomic E-state index is 12.3. The zero-order valence-electron chi connectivity index (χ0n) is 17.1. The molecule has 1 saturated heterocycles. The summed E-state index contributed by atoms with van der Waals surface area (Å²) in [7, 11) is 0. The Bertz CT molecular complexity index is 1070. The quantitative estimate of drug-likeness (QED) is 0.377. The van der Waals surface area contributed by atoms with Gasteiger partial charge >= 0.3 is 5.97 Å². The minimum atomic E-state index is -0.842. The highest BCUT2D eigenvalue weighted by molar-refractivity contribution is 5.97. The number of aryl methyl sites for hydroxylation is 1. The first kappa shape index (κ1) is 22.4. The van der Waals surface area contributed by atoms with Crippen LogP contribution < -0.4 is 10.7 Å². The number of rotatable bonds is 7. The van der Waals surface area contributed by atoms with Gasteiger partial charge in [-0.2, -0.15) is 0 Å². The Morgan fingerprint density at radius 2 is 1.84 bits per heavy atom. The zero-order chi connectivity index (χ0) is 23.3. The van der Waals surface area contributed by atoms with Gasteiger partial charge in [-0.1, -0.05) is 18.2 Å². The van der Waals surface area contributed by atoms with Crippen molar-refractivity contribution in [3.63, 3.8) is 0 Å². The number of nitro benzene ring substituents is 1. The number of amides is 3. The van der Waals surface area contributed by atoms with Crippen LogP contribution in [0.25, 0.3) is 0 Å². The van der Waals surface area contributed by atoms with Gasteiger partial charge in [0.15, 0.2) is 6.61 Å². The van der Waals surface area contributed by atoms with Crippen molar-refractivity contribution in [1.82, 2.24) is 10.4 Å². The van der Waals surface area contributed by atoms with Crippen LogP contribution in [0.15, 0.2) is 48.5 Å². The van der Waals surface area contributed by atoms with E-state index in [4.69, 9.17) is 4.74 Å². The molecule has 2 aromatic carbocycles. The lowest BCUT2D eigenvalue weighted by atomic mass is 10.1. The molecular formula is C21H20N4O7. The Morgan fingerprint density at radius 3 is 2.50 bits per heavy atom. The zero-order valence-corrected chi connectivity index (χ0v) is 17.1. The number of esters is 1. The molecule has 32 heavy (non-hydrogen) atoms. The number of nitrogens with zero attached hydrogens (tertiary/aromatic N) is 2. The Labute approximate surface area is 182 Å². The van der Waals surface area contributed by atoms with Crippen LogP contribution in [0, 0.1) is 23.0 Å². The van der Waals surface area contributed by atoms with E-state index >= 15 is 0 Å². The molecule has 3 amide bonds. The fourth-order valence-electron chi connectivity index (χ4n) is 3.05. The number of para-hydroxylation sites is 1. The lowest BCUT2D eigenvalue weighted by Gasteiger charge is -2.17. The summed E-state index contributed by atoms with van der Waals surface area (Å²) in [6.07, 6.45) is -0.182. The summed E-state index contributed by atoms with van der Waals surface area (Å²) in [5.74, 6) is -3.23. The van der Waals surface area contributed by atoms with Gasteiger partial charge < -0.3 is 10.1 Å². The largest absolute Gasteiger partial charge is 0.455 e. The first-order valence-corrected chi connectivity index (χ1v) is 9.62. The third-order valence-corrected chi connectivity index (χ3v) is 4.80. The van der Waals surface area contributed by atoms with Crippen LogP contribution in [-0.2, 0) is 19.1 Å². The molecule has 2 aromatic rings. The van der Waals surface area contributed by atoms with Crippen LogP contribution in [-0.4, -0.2) is 46.8 Å². The Kier molecular flexibility index (Phi) is 6.78. The highest BCUT2D eigenvalue weighted by Crippen LogP contribution is 2.19. The van der Waals surface area contributed by atoms with E-state index in [-0.39, 0.29) is 24.2 Å². The molecule has 1 aliphatic heterocycles. The molecule has 0 spiro atoms. The Morgan fingerprint density at radius 1 is 1.16 bits per heavy atom. The molecule has 1 aliphatic rings. The molecule has 1 fully saturated rings. The van der Waals surface area contributed by atoms with Crippen LogP contribution in [0.5, 0.6) is 0 Å². The lowest BCUT2D eigenvalue weighted by Crippen LogP contribution is -2.43. The molecule has 0 saturated carbocycles. The van der Waals surface area contributed by atoms with Gasteiger partial charge in [-0.25, -0.2) is 0 Å². The Balaban J connectivity index is 1.49. The van der Waals surface area contributed by atoms with E-state index < -0.39 is 41.1 Å². The predicted octanol–water partition coefficient (Wildman–Crippen LogP) is 1.58. The molecule has 3 rings (SSSR count). The summed E-state index contributed by atoms with van der Waals surface area (Å²) in [6, 6.07) is 12.0. The summed E-state index contributed by atoms with van der Waals surface area (Å²) in [6.45, 7) is 1.20. The van der Waals surface area contributed by atoms with E-state index in [9.17, 15) is 29.3 Å². The molecule has 166 valence electrons. The van der Waals surface area contributed by atoms with Crippen molar-refractivity contribution in [2.45, 2.75) is 13.3 Å². The van der Waals surface area contributed by atoms with Crippen molar-refractivity contribution in [2.75, 3.05) is 18.5 Å². The number of ether oxygens (including phenoxy) is 1. The number of hydrogen-bond donors (Lipinski definition) is 2. The van der Waals surface area contributed by atoms with Crippen LogP contribution in [0.1, 0.15) is 22.3 Å². The van der Waals surface area contributed by atoms with Crippen molar-refractivity contribution in [1.29, 1.82) is 0 Å². The number of hydrazine groups is 1. The number of benzene rings is 2. The van der Waals surface area contributed by atoms with E-state index in [0.717, 1.165) is 10.6 Å². The molecule has 11 nitrogen and oxygen atoms in total. The van der Waals surface area contributed by atoms with Gasteiger partial charge in [0.1, 0.15) is 0 Å². The van der Waals surface area contributed by atoms with Crippen molar-refractivity contribution in [3.05, 3.63) is 69.8 Å². The fourth-order valence-corrected chi connectivity index (χ4v) is 3.05. The third kappa shape index (κ3) is 5.45. The van der Waals surface area contributed by atoms with Crippen LogP contribution in [0.2, 0.25) is 0 Å². The first-order chi connectivity index (χ1) is 15.2. The second-order valence-electron chi connectivity index (χ2n) is 7.12. The molecule has 0 radical (unpaired) electrons. The predicted molar refractivity (Wildman–Crippen MR) is 111 cm³/mol. The monoisotopic (exact) mass is 440 g/mol. The van der Waals surface area contributed by atoms with Gasteiger partial charge in [-0.3, -0.25) is 39.7 Å². The van der Waals surface area contributed by atoms with E-state index in [1.807, 2.05) is 19.1 Å². The summed E-state index contributed by atoms with van der Waals surface area (Å²) in [5, 5.41) is 14.3. The fraction of sp³-hybridized carbons (Fsp3) is 0.238. The molecule has 11 heteroatoms. The van der Waals surface area contributed by atoms with Gasteiger partial charge in [-0.05, 0) is 30.7 Å². The average Bonchev–Trinajstić information content (AvgIpc) is 3.14. The Hall–Kier alpha value is -4.28. The molecule has 1 heterocycles. The van der Waals surface area contributed by atoms with E-state index in [1.54, 1.807) is 12.1 Å². The number of non-ortho nitro benzene ring substituents is 1. The van der Waals surface area contributed by atoms with Gasteiger partial charge in [-0.15, -0.1) is 0 Å². The summed E-state index contributed by atoms with van der Waals surface area (Å²) >= 11 is 0. The van der Waals surface area contributed by atoms with Gasteiger partial charge in [0, 0.05) is 29.8 Å². The number of nitrogens with one attached hydrogen (secondary N) is 2. The normalized spacial score (nSPS) is 15.2. The van der Waals surface area contributed by atoms with Crippen molar-refractivity contribution < 1.29 is 28.8 Å². The molecule has 0 unspecified atom stereocenters. The topological polar surface area (TPSA) is 148 Å². The molecule has 2 N–H and O–H groups in total. The summed E-state index contributed by atoms with van der Waals surface area (Å²) < 4.78 is 5.02. The second kappa shape index (κ2) is 9.69. The van der Waals surface area contributed by atoms with Gasteiger partial charge in [0.25, 0.3) is 17.5 Å². The van der Waals surface area contributed by atoms with Crippen LogP contribution >= 0.6 is 0 Å². The summed E-state index contributed by atoms with van der Waals surface area (Å²) in [5.41, 5.74) is 3.77.